The highest BCUT2D eigenvalue weighted by atomic mass is 16.6. The van der Waals surface area contributed by atoms with Gasteiger partial charge >= 0.3 is 5.97 Å². The summed E-state index contributed by atoms with van der Waals surface area (Å²) in [6.45, 7) is 7.89. The number of carbonyl (C=O) groups is 3. The van der Waals surface area contributed by atoms with E-state index >= 15 is 0 Å². The van der Waals surface area contributed by atoms with Crippen molar-refractivity contribution in [1.82, 2.24) is 5.43 Å². The van der Waals surface area contributed by atoms with Crippen molar-refractivity contribution >= 4 is 29.7 Å². The second-order valence-corrected chi connectivity index (χ2v) is 7.05. The molecule has 0 aliphatic carbocycles. The molecule has 0 saturated carbocycles. The van der Waals surface area contributed by atoms with Crippen LogP contribution in [0.2, 0.25) is 0 Å². The molecule has 0 fully saturated rings. The van der Waals surface area contributed by atoms with Gasteiger partial charge < -0.3 is 19.5 Å². The van der Waals surface area contributed by atoms with E-state index in [4.69, 9.17) is 14.2 Å². The third-order valence-corrected chi connectivity index (χ3v) is 4.43. The van der Waals surface area contributed by atoms with Gasteiger partial charge in [0.15, 0.2) is 18.1 Å². The summed E-state index contributed by atoms with van der Waals surface area (Å²) >= 11 is 0. The lowest BCUT2D eigenvalue weighted by molar-refractivity contribution is -0.145. The smallest absolute Gasteiger partial charge is 0.344 e. The van der Waals surface area contributed by atoms with Gasteiger partial charge in [-0.05, 0) is 74.7 Å². The standard InChI is InChI=1S/C24H29N3O6/c1-5-31-21-12-18(8-10-20(21)33-15-24(30)32-6-2)14-25-27-23(29)13-22(28)26-19-9-7-16(3)17(4)11-19/h7-12,14H,5-6,13,15H2,1-4H3,(H,26,28)(H,27,29). The number of hydrogen-bond acceptors (Lipinski definition) is 7. The van der Waals surface area contributed by atoms with Crippen molar-refractivity contribution in [2.75, 3.05) is 25.1 Å². The first-order valence-electron chi connectivity index (χ1n) is 10.6. The molecule has 0 heterocycles. The van der Waals surface area contributed by atoms with Crippen LogP contribution in [0.15, 0.2) is 41.5 Å². The summed E-state index contributed by atoms with van der Waals surface area (Å²) in [5.74, 6) is -0.659. The fourth-order valence-corrected chi connectivity index (χ4v) is 2.72. The number of benzene rings is 2. The van der Waals surface area contributed by atoms with Gasteiger partial charge in [-0.2, -0.15) is 5.10 Å². The fraction of sp³-hybridized carbons (Fsp3) is 0.333. The Labute approximate surface area is 193 Å². The number of esters is 1. The van der Waals surface area contributed by atoms with Gasteiger partial charge in [-0.15, -0.1) is 0 Å². The molecule has 0 aliphatic rings. The van der Waals surface area contributed by atoms with Gasteiger partial charge in [-0.25, -0.2) is 10.2 Å². The molecule has 0 spiro atoms. The van der Waals surface area contributed by atoms with E-state index in [-0.39, 0.29) is 19.6 Å². The van der Waals surface area contributed by atoms with Crippen LogP contribution in [0.25, 0.3) is 0 Å². The van der Waals surface area contributed by atoms with Crippen LogP contribution in [0.1, 0.15) is 37.0 Å². The zero-order chi connectivity index (χ0) is 24.2. The first kappa shape index (κ1) is 25.4. The van der Waals surface area contributed by atoms with E-state index in [9.17, 15) is 14.4 Å². The summed E-state index contributed by atoms with van der Waals surface area (Å²) in [6.07, 6.45) is 1.05. The van der Waals surface area contributed by atoms with Crippen LogP contribution < -0.4 is 20.2 Å². The third kappa shape index (κ3) is 8.64. The predicted octanol–water partition coefficient (Wildman–Crippen LogP) is 3.12. The lowest BCUT2D eigenvalue weighted by Gasteiger charge is -2.12. The van der Waals surface area contributed by atoms with Crippen LogP contribution in [0, 0.1) is 13.8 Å². The molecule has 33 heavy (non-hydrogen) atoms. The molecular weight excluding hydrogens is 426 g/mol. The van der Waals surface area contributed by atoms with E-state index < -0.39 is 17.8 Å². The molecule has 0 aromatic heterocycles. The van der Waals surface area contributed by atoms with Crippen LogP contribution in [0.4, 0.5) is 5.69 Å². The van der Waals surface area contributed by atoms with Crippen LogP contribution in [-0.2, 0) is 19.1 Å². The number of carbonyl (C=O) groups excluding carboxylic acids is 3. The molecule has 0 unspecified atom stereocenters. The van der Waals surface area contributed by atoms with Crippen molar-refractivity contribution < 1.29 is 28.6 Å². The molecule has 0 saturated heterocycles. The van der Waals surface area contributed by atoms with E-state index in [1.807, 2.05) is 32.9 Å². The third-order valence-electron chi connectivity index (χ3n) is 4.43. The highest BCUT2D eigenvalue weighted by Gasteiger charge is 2.11. The largest absolute Gasteiger partial charge is 0.490 e. The SMILES string of the molecule is CCOC(=O)COc1ccc(C=NNC(=O)CC(=O)Nc2ccc(C)c(C)c2)cc1OCC. The average Bonchev–Trinajstić information content (AvgIpc) is 2.76. The number of aryl methyl sites for hydroxylation is 2. The summed E-state index contributed by atoms with van der Waals surface area (Å²) < 4.78 is 15.8. The first-order chi connectivity index (χ1) is 15.8. The Morgan fingerprint density at radius 1 is 0.909 bits per heavy atom. The number of nitrogens with zero attached hydrogens (tertiary/aromatic N) is 1. The zero-order valence-electron chi connectivity index (χ0n) is 19.3. The van der Waals surface area contributed by atoms with Gasteiger partial charge in [-0.3, -0.25) is 9.59 Å². The molecule has 2 rings (SSSR count). The number of ether oxygens (including phenoxy) is 3. The molecule has 9 nitrogen and oxygen atoms in total. The highest BCUT2D eigenvalue weighted by molar-refractivity contribution is 6.03. The van der Waals surface area contributed by atoms with Crippen molar-refractivity contribution in [2.24, 2.45) is 5.10 Å². The molecule has 0 bridgehead atoms. The minimum absolute atomic E-state index is 0.234. The molecule has 2 aromatic carbocycles. The molecular formula is C24H29N3O6. The van der Waals surface area contributed by atoms with Crippen molar-refractivity contribution in [2.45, 2.75) is 34.1 Å². The summed E-state index contributed by atoms with van der Waals surface area (Å²) in [4.78, 5) is 35.6. The van der Waals surface area contributed by atoms with Gasteiger partial charge in [0.05, 0.1) is 19.4 Å². The number of anilines is 1. The number of hydrazone groups is 1. The Bertz CT molecular complexity index is 1020. The highest BCUT2D eigenvalue weighted by Crippen LogP contribution is 2.28. The fourth-order valence-electron chi connectivity index (χ4n) is 2.72. The Balaban J connectivity index is 1.90. The first-order valence-corrected chi connectivity index (χ1v) is 10.6. The van der Waals surface area contributed by atoms with E-state index in [0.717, 1.165) is 11.1 Å². The number of nitrogens with one attached hydrogen (secondary N) is 2. The second kappa shape index (κ2) is 12.8. The molecule has 2 N–H and O–H groups in total. The van der Waals surface area contributed by atoms with Crippen LogP contribution in [-0.4, -0.2) is 43.8 Å². The zero-order valence-corrected chi connectivity index (χ0v) is 19.3. The quantitative estimate of drug-likeness (QED) is 0.233. The van der Waals surface area contributed by atoms with Gasteiger partial charge in [-0.1, -0.05) is 6.07 Å². The van der Waals surface area contributed by atoms with E-state index in [2.05, 4.69) is 15.8 Å². The second-order valence-electron chi connectivity index (χ2n) is 7.05. The Hall–Kier alpha value is -3.88. The van der Waals surface area contributed by atoms with Gasteiger partial charge in [0, 0.05) is 5.69 Å². The monoisotopic (exact) mass is 455 g/mol. The number of rotatable bonds is 11. The Morgan fingerprint density at radius 3 is 2.39 bits per heavy atom. The van der Waals surface area contributed by atoms with Crippen LogP contribution in [0.5, 0.6) is 11.5 Å². The van der Waals surface area contributed by atoms with Gasteiger partial charge in [0.1, 0.15) is 6.42 Å². The van der Waals surface area contributed by atoms with E-state index in [0.29, 0.717) is 29.4 Å². The minimum atomic E-state index is -0.549. The molecule has 0 atom stereocenters. The van der Waals surface area contributed by atoms with Crippen molar-refractivity contribution in [1.29, 1.82) is 0 Å². The lowest BCUT2D eigenvalue weighted by Crippen LogP contribution is -2.24. The molecule has 2 aromatic rings. The van der Waals surface area contributed by atoms with E-state index in [1.165, 1.54) is 6.21 Å². The van der Waals surface area contributed by atoms with Gasteiger partial charge in [0.2, 0.25) is 11.8 Å². The summed E-state index contributed by atoms with van der Waals surface area (Å²) in [5, 5.41) is 6.57. The molecule has 2 amide bonds. The maximum absolute atomic E-state index is 12.1. The predicted molar refractivity (Wildman–Crippen MR) is 125 cm³/mol. The summed E-state index contributed by atoms with van der Waals surface area (Å²) in [7, 11) is 0. The molecule has 9 heteroatoms. The number of hydrogen-bond donors (Lipinski definition) is 2. The number of amides is 2. The summed E-state index contributed by atoms with van der Waals surface area (Å²) in [6, 6.07) is 10.5. The van der Waals surface area contributed by atoms with Crippen LogP contribution in [0.3, 0.4) is 0 Å². The Morgan fingerprint density at radius 2 is 1.70 bits per heavy atom. The van der Waals surface area contributed by atoms with Crippen molar-refractivity contribution in [3.63, 3.8) is 0 Å². The van der Waals surface area contributed by atoms with Crippen molar-refractivity contribution in [3.8, 4) is 11.5 Å². The average molecular weight is 456 g/mol. The van der Waals surface area contributed by atoms with E-state index in [1.54, 1.807) is 31.2 Å². The maximum atomic E-state index is 12.1. The van der Waals surface area contributed by atoms with Crippen LogP contribution >= 0.6 is 0 Å². The molecule has 0 radical (unpaired) electrons. The summed E-state index contributed by atoms with van der Waals surface area (Å²) in [5.41, 5.74) is 5.75. The normalized spacial score (nSPS) is 10.5. The Kier molecular flexibility index (Phi) is 9.88. The maximum Gasteiger partial charge on any atom is 0.344 e. The minimum Gasteiger partial charge on any atom is -0.490 e. The van der Waals surface area contributed by atoms with Crippen molar-refractivity contribution in [3.05, 3.63) is 53.1 Å². The topological polar surface area (TPSA) is 115 Å². The van der Waals surface area contributed by atoms with Gasteiger partial charge in [0.25, 0.3) is 0 Å². The molecule has 0 aliphatic heterocycles. The molecule has 176 valence electrons. The lowest BCUT2D eigenvalue weighted by atomic mass is 10.1.